The Kier molecular flexibility index (Phi) is 8.71. The molecule has 2 N–H and O–H groups in total. The van der Waals surface area contributed by atoms with Crippen LogP contribution in [0.15, 0.2) is 72.8 Å². The van der Waals surface area contributed by atoms with Crippen molar-refractivity contribution in [1.29, 1.82) is 0 Å². The van der Waals surface area contributed by atoms with Crippen molar-refractivity contribution in [1.82, 2.24) is 19.8 Å². The molecule has 1 fully saturated rings. The molecule has 8 nitrogen and oxygen atoms in total. The highest BCUT2D eigenvalue weighted by Gasteiger charge is 2.25. The maximum atomic E-state index is 13.4. The number of benzene rings is 3. The predicted molar refractivity (Wildman–Crippen MR) is 163 cm³/mol. The number of nitrogens with zero attached hydrogens (tertiary/aromatic N) is 4. The van der Waals surface area contributed by atoms with Gasteiger partial charge < -0.3 is 20.1 Å². The van der Waals surface area contributed by atoms with Crippen molar-refractivity contribution < 1.29 is 14.6 Å². The van der Waals surface area contributed by atoms with E-state index in [0.717, 1.165) is 37.4 Å². The third-order valence-corrected chi connectivity index (χ3v) is 7.94. The van der Waals surface area contributed by atoms with Crippen LogP contribution in [0, 0.1) is 20.8 Å². The lowest BCUT2D eigenvalue weighted by atomic mass is 10.1. The van der Waals surface area contributed by atoms with Crippen molar-refractivity contribution in [3.8, 4) is 22.8 Å². The van der Waals surface area contributed by atoms with Gasteiger partial charge in [-0.3, -0.25) is 14.3 Å². The Morgan fingerprint density at radius 2 is 1.61 bits per heavy atom. The summed E-state index contributed by atoms with van der Waals surface area (Å²) >= 11 is 0. The standard InChI is InChI=1S/C33H39N5O3/c1-23-11-10-15-28(24(23)2)37-19-17-36(18-20-37)22-27(39)21-34-33(40)31-25(3)38(29-14-8-9-16-30(29)41-4)32(35-31)26-12-6-5-7-13-26/h5-16,27,39H,17-22H2,1-4H3,(H,34,40). The molecule has 1 unspecified atom stereocenters. The highest BCUT2D eigenvalue weighted by atomic mass is 16.5. The molecule has 4 aromatic rings. The third kappa shape index (κ3) is 6.14. The molecule has 1 aliphatic rings. The zero-order valence-electron chi connectivity index (χ0n) is 24.3. The average Bonchev–Trinajstić information content (AvgIpc) is 3.35. The van der Waals surface area contributed by atoms with Crippen LogP contribution in [-0.2, 0) is 0 Å². The van der Waals surface area contributed by atoms with Gasteiger partial charge in [0, 0.05) is 50.5 Å². The summed E-state index contributed by atoms with van der Waals surface area (Å²) < 4.78 is 7.57. The summed E-state index contributed by atoms with van der Waals surface area (Å²) in [5.74, 6) is 1.03. The number of piperazine rings is 1. The van der Waals surface area contributed by atoms with Crippen LogP contribution in [-0.4, -0.2) is 77.9 Å². The van der Waals surface area contributed by atoms with Gasteiger partial charge in [0.15, 0.2) is 0 Å². The minimum absolute atomic E-state index is 0.150. The fourth-order valence-electron chi connectivity index (χ4n) is 5.51. The van der Waals surface area contributed by atoms with E-state index in [1.807, 2.05) is 66.1 Å². The number of ether oxygens (including phenoxy) is 1. The Morgan fingerprint density at radius 3 is 2.34 bits per heavy atom. The van der Waals surface area contributed by atoms with Crippen LogP contribution in [0.25, 0.3) is 17.1 Å². The van der Waals surface area contributed by atoms with Gasteiger partial charge in [0.05, 0.1) is 24.6 Å². The van der Waals surface area contributed by atoms with Gasteiger partial charge in [0.25, 0.3) is 5.91 Å². The van der Waals surface area contributed by atoms with Crippen LogP contribution in [0.3, 0.4) is 0 Å². The van der Waals surface area contributed by atoms with E-state index in [1.165, 1.54) is 16.8 Å². The fourth-order valence-corrected chi connectivity index (χ4v) is 5.51. The number of rotatable bonds is 9. The molecular formula is C33H39N5O3. The number of carbonyl (C=O) groups excluding carboxylic acids is 1. The second kappa shape index (κ2) is 12.6. The molecule has 8 heteroatoms. The highest BCUT2D eigenvalue weighted by molar-refractivity contribution is 5.94. The Balaban J connectivity index is 1.25. The first-order valence-electron chi connectivity index (χ1n) is 14.1. The van der Waals surface area contributed by atoms with Gasteiger partial charge in [-0.2, -0.15) is 0 Å². The predicted octanol–water partition coefficient (Wildman–Crippen LogP) is 4.39. The van der Waals surface area contributed by atoms with Crippen LogP contribution in [0.4, 0.5) is 5.69 Å². The Labute approximate surface area is 242 Å². The molecule has 41 heavy (non-hydrogen) atoms. The van der Waals surface area contributed by atoms with Crippen molar-refractivity contribution in [3.05, 3.63) is 95.3 Å². The molecule has 214 valence electrons. The number of carbonyl (C=O) groups is 1. The van der Waals surface area contributed by atoms with E-state index in [2.05, 4.69) is 47.2 Å². The molecule has 5 rings (SSSR count). The number of amides is 1. The van der Waals surface area contributed by atoms with Gasteiger partial charge in [0.2, 0.25) is 0 Å². The number of nitrogens with one attached hydrogen (secondary N) is 1. The number of hydrogen-bond acceptors (Lipinski definition) is 6. The first-order chi connectivity index (χ1) is 19.9. The monoisotopic (exact) mass is 553 g/mol. The highest BCUT2D eigenvalue weighted by Crippen LogP contribution is 2.31. The summed E-state index contributed by atoms with van der Waals surface area (Å²) in [5, 5.41) is 13.7. The number of imidazole rings is 1. The Bertz CT molecular complexity index is 1490. The maximum absolute atomic E-state index is 13.4. The number of para-hydroxylation sites is 2. The summed E-state index contributed by atoms with van der Waals surface area (Å²) in [6.45, 7) is 10.4. The van der Waals surface area contributed by atoms with Crippen LogP contribution in [0.1, 0.15) is 27.3 Å². The summed E-state index contributed by atoms with van der Waals surface area (Å²) in [4.78, 5) is 22.8. The Morgan fingerprint density at radius 1 is 0.927 bits per heavy atom. The van der Waals surface area contributed by atoms with Crippen molar-refractivity contribution in [3.63, 3.8) is 0 Å². The number of methoxy groups -OCH3 is 1. The van der Waals surface area contributed by atoms with E-state index in [4.69, 9.17) is 9.72 Å². The molecule has 0 bridgehead atoms. The van der Waals surface area contributed by atoms with Gasteiger partial charge >= 0.3 is 0 Å². The molecule has 2 heterocycles. The number of β-amino-alcohol motifs (C(OH)–C–C–N with tert-alkyl or cyclic N) is 1. The molecular weight excluding hydrogens is 514 g/mol. The van der Waals surface area contributed by atoms with E-state index >= 15 is 0 Å². The molecule has 0 radical (unpaired) electrons. The minimum Gasteiger partial charge on any atom is -0.495 e. The Hall–Kier alpha value is -4.14. The quantitative estimate of drug-likeness (QED) is 0.320. The van der Waals surface area contributed by atoms with Crippen molar-refractivity contribution in [2.24, 2.45) is 0 Å². The van der Waals surface area contributed by atoms with Gasteiger partial charge in [0.1, 0.15) is 17.3 Å². The van der Waals surface area contributed by atoms with E-state index < -0.39 is 6.10 Å². The number of hydrogen-bond donors (Lipinski definition) is 2. The number of aliphatic hydroxyl groups is 1. The zero-order chi connectivity index (χ0) is 28.9. The van der Waals surface area contributed by atoms with Crippen molar-refractivity contribution >= 4 is 11.6 Å². The lowest BCUT2D eigenvalue weighted by Crippen LogP contribution is -2.50. The summed E-state index contributed by atoms with van der Waals surface area (Å²) in [5.41, 5.74) is 6.62. The van der Waals surface area contributed by atoms with Crippen LogP contribution in [0.2, 0.25) is 0 Å². The molecule has 1 aromatic heterocycles. The van der Waals surface area contributed by atoms with Crippen molar-refractivity contribution in [2.75, 3.05) is 51.3 Å². The molecule has 1 atom stereocenters. The molecule has 1 amide bonds. The van der Waals surface area contributed by atoms with Gasteiger partial charge in [-0.05, 0) is 50.1 Å². The fraction of sp³-hybridized carbons (Fsp3) is 0.333. The first kappa shape index (κ1) is 28.4. The summed E-state index contributed by atoms with van der Waals surface area (Å²) in [6, 6.07) is 23.9. The van der Waals surface area contributed by atoms with E-state index in [-0.39, 0.29) is 12.5 Å². The van der Waals surface area contributed by atoms with E-state index in [1.54, 1.807) is 7.11 Å². The number of aromatic nitrogens is 2. The number of aryl methyl sites for hydroxylation is 1. The van der Waals surface area contributed by atoms with E-state index in [9.17, 15) is 9.90 Å². The van der Waals surface area contributed by atoms with E-state index in [0.29, 0.717) is 29.5 Å². The molecule has 0 saturated carbocycles. The van der Waals surface area contributed by atoms with Crippen molar-refractivity contribution in [2.45, 2.75) is 26.9 Å². The summed E-state index contributed by atoms with van der Waals surface area (Å²) in [6.07, 6.45) is -0.684. The number of aliphatic hydroxyl groups excluding tert-OH is 1. The second-order valence-electron chi connectivity index (χ2n) is 10.6. The van der Waals surface area contributed by atoms with Crippen LogP contribution < -0.4 is 15.0 Å². The minimum atomic E-state index is -0.684. The smallest absolute Gasteiger partial charge is 0.271 e. The van der Waals surface area contributed by atoms with Crippen LogP contribution in [0.5, 0.6) is 5.75 Å². The zero-order valence-corrected chi connectivity index (χ0v) is 24.3. The molecule has 0 spiro atoms. The molecule has 3 aromatic carbocycles. The van der Waals surface area contributed by atoms with Gasteiger partial charge in [-0.1, -0.05) is 54.6 Å². The van der Waals surface area contributed by atoms with Gasteiger partial charge in [-0.15, -0.1) is 0 Å². The molecule has 1 saturated heterocycles. The molecule has 1 aliphatic heterocycles. The SMILES string of the molecule is COc1ccccc1-n1c(-c2ccccc2)nc(C(=O)NCC(O)CN2CCN(c3cccc(C)c3C)CC2)c1C. The first-order valence-corrected chi connectivity index (χ1v) is 14.1. The topological polar surface area (TPSA) is 82.9 Å². The third-order valence-electron chi connectivity index (χ3n) is 7.94. The van der Waals surface area contributed by atoms with Crippen LogP contribution >= 0.6 is 0 Å². The average molecular weight is 554 g/mol. The van der Waals surface area contributed by atoms with Gasteiger partial charge in [-0.25, -0.2) is 4.98 Å². The lowest BCUT2D eigenvalue weighted by Gasteiger charge is -2.37. The largest absolute Gasteiger partial charge is 0.495 e. The number of anilines is 1. The maximum Gasteiger partial charge on any atom is 0.271 e. The summed E-state index contributed by atoms with van der Waals surface area (Å²) in [7, 11) is 1.63. The second-order valence-corrected chi connectivity index (χ2v) is 10.6. The lowest BCUT2D eigenvalue weighted by molar-refractivity contribution is 0.0847. The molecule has 0 aliphatic carbocycles. The normalized spacial score (nSPS) is 14.6.